The summed E-state index contributed by atoms with van der Waals surface area (Å²) in [6.07, 6.45) is 3.09. The Morgan fingerprint density at radius 3 is 2.73 bits per heavy atom. The highest BCUT2D eigenvalue weighted by atomic mass is 79.9. The fourth-order valence-corrected chi connectivity index (χ4v) is 1.73. The van der Waals surface area contributed by atoms with E-state index in [9.17, 15) is 0 Å². The molecule has 0 radical (unpaired) electrons. The van der Waals surface area contributed by atoms with Crippen LogP contribution in [-0.4, -0.2) is 18.3 Å². The number of halogens is 1. The average molecular weight is 272 g/mol. The molecule has 2 nitrogen and oxygen atoms in total. The lowest BCUT2D eigenvalue weighted by atomic mass is 10.2. The van der Waals surface area contributed by atoms with Crippen LogP contribution in [0.3, 0.4) is 0 Å². The molecule has 1 rings (SSSR count). The summed E-state index contributed by atoms with van der Waals surface area (Å²) < 4.78 is 1.14. The fourth-order valence-electron chi connectivity index (χ4n) is 1.35. The molecular weight excluding hydrogens is 254 g/mol. The second-order valence-electron chi connectivity index (χ2n) is 3.68. The van der Waals surface area contributed by atoms with Crippen LogP contribution < -0.4 is 5.32 Å². The quantitative estimate of drug-likeness (QED) is 0.778. The third-order valence-corrected chi connectivity index (χ3v) is 3.19. The lowest BCUT2D eigenvalue weighted by molar-refractivity contribution is 0.283. The zero-order valence-corrected chi connectivity index (χ0v) is 10.7. The van der Waals surface area contributed by atoms with Gasteiger partial charge in [0.15, 0.2) is 0 Å². The Labute approximate surface area is 99.8 Å². The van der Waals surface area contributed by atoms with Gasteiger partial charge in [-0.05, 0) is 43.9 Å². The molecule has 1 aromatic rings. The maximum absolute atomic E-state index is 8.62. The van der Waals surface area contributed by atoms with Crippen molar-refractivity contribution < 1.29 is 5.11 Å². The number of nitrogens with one attached hydrogen (secondary N) is 1. The van der Waals surface area contributed by atoms with Gasteiger partial charge in [-0.25, -0.2) is 0 Å². The summed E-state index contributed by atoms with van der Waals surface area (Å²) >= 11 is 3.51. The van der Waals surface area contributed by atoms with E-state index in [1.807, 2.05) is 0 Å². The van der Waals surface area contributed by atoms with E-state index in [1.54, 1.807) is 0 Å². The van der Waals surface area contributed by atoms with Gasteiger partial charge in [0.05, 0.1) is 0 Å². The standard InChI is InChI=1S/C12H18BrNO/c1-10-5-6-11(9-12(10)13)14-7-3-2-4-8-15/h5-6,9,14-15H,2-4,7-8H2,1H3. The second-order valence-corrected chi connectivity index (χ2v) is 4.53. The number of unbranched alkanes of at least 4 members (excludes halogenated alkanes) is 2. The summed E-state index contributed by atoms with van der Waals surface area (Å²) in [5.41, 5.74) is 2.40. The highest BCUT2D eigenvalue weighted by molar-refractivity contribution is 9.10. The number of aryl methyl sites for hydroxylation is 1. The SMILES string of the molecule is Cc1ccc(NCCCCCO)cc1Br. The van der Waals surface area contributed by atoms with Crippen molar-refractivity contribution in [1.82, 2.24) is 0 Å². The van der Waals surface area contributed by atoms with Gasteiger partial charge in [-0.2, -0.15) is 0 Å². The van der Waals surface area contributed by atoms with Crippen molar-refractivity contribution in [1.29, 1.82) is 0 Å². The van der Waals surface area contributed by atoms with Gasteiger partial charge in [-0.1, -0.05) is 22.0 Å². The van der Waals surface area contributed by atoms with Gasteiger partial charge in [0.1, 0.15) is 0 Å². The molecule has 0 bridgehead atoms. The molecule has 0 unspecified atom stereocenters. The molecule has 15 heavy (non-hydrogen) atoms. The van der Waals surface area contributed by atoms with Gasteiger partial charge in [0.25, 0.3) is 0 Å². The minimum Gasteiger partial charge on any atom is -0.396 e. The van der Waals surface area contributed by atoms with Crippen LogP contribution in [0.15, 0.2) is 22.7 Å². The van der Waals surface area contributed by atoms with Gasteiger partial charge in [0.2, 0.25) is 0 Å². The molecule has 1 aromatic carbocycles. The largest absolute Gasteiger partial charge is 0.396 e. The van der Waals surface area contributed by atoms with Crippen molar-refractivity contribution in [3.8, 4) is 0 Å². The number of rotatable bonds is 6. The molecule has 0 spiro atoms. The number of anilines is 1. The maximum Gasteiger partial charge on any atom is 0.0431 e. The molecule has 0 saturated heterocycles. The topological polar surface area (TPSA) is 32.3 Å². The van der Waals surface area contributed by atoms with Crippen molar-refractivity contribution in [2.45, 2.75) is 26.2 Å². The maximum atomic E-state index is 8.62. The first kappa shape index (κ1) is 12.5. The zero-order valence-electron chi connectivity index (χ0n) is 9.09. The van der Waals surface area contributed by atoms with Crippen molar-refractivity contribution in [3.05, 3.63) is 28.2 Å². The molecule has 3 heteroatoms. The molecule has 0 aromatic heterocycles. The van der Waals surface area contributed by atoms with Crippen LogP contribution in [0.25, 0.3) is 0 Å². The minimum absolute atomic E-state index is 0.302. The lowest BCUT2D eigenvalue weighted by Crippen LogP contribution is -2.01. The molecular formula is C12H18BrNO. The van der Waals surface area contributed by atoms with E-state index in [1.165, 1.54) is 5.56 Å². The van der Waals surface area contributed by atoms with Crippen molar-refractivity contribution in [2.75, 3.05) is 18.5 Å². The Morgan fingerprint density at radius 2 is 2.07 bits per heavy atom. The van der Waals surface area contributed by atoms with Crippen LogP contribution >= 0.6 is 15.9 Å². The van der Waals surface area contributed by atoms with Crippen LogP contribution in [0.4, 0.5) is 5.69 Å². The predicted molar refractivity (Wildman–Crippen MR) is 68.3 cm³/mol. The monoisotopic (exact) mass is 271 g/mol. The Bertz CT molecular complexity index is 302. The summed E-state index contributed by atoms with van der Waals surface area (Å²) in [4.78, 5) is 0. The van der Waals surface area contributed by atoms with Gasteiger partial charge >= 0.3 is 0 Å². The van der Waals surface area contributed by atoms with Crippen molar-refractivity contribution >= 4 is 21.6 Å². The van der Waals surface area contributed by atoms with Gasteiger partial charge in [0, 0.05) is 23.3 Å². The fraction of sp³-hybridized carbons (Fsp3) is 0.500. The Kier molecular flexibility index (Phi) is 5.73. The molecule has 2 N–H and O–H groups in total. The van der Waals surface area contributed by atoms with E-state index >= 15 is 0 Å². The van der Waals surface area contributed by atoms with Gasteiger partial charge < -0.3 is 10.4 Å². The third-order valence-electron chi connectivity index (χ3n) is 2.34. The molecule has 0 fully saturated rings. The summed E-state index contributed by atoms with van der Waals surface area (Å²) in [5, 5.41) is 12.0. The smallest absolute Gasteiger partial charge is 0.0431 e. The Balaban J connectivity index is 2.28. The predicted octanol–water partition coefficient (Wildman–Crippen LogP) is 3.33. The normalized spacial score (nSPS) is 10.3. The van der Waals surface area contributed by atoms with E-state index in [4.69, 9.17) is 5.11 Å². The molecule has 0 saturated carbocycles. The second kappa shape index (κ2) is 6.85. The third kappa shape index (κ3) is 4.67. The summed E-state index contributed by atoms with van der Waals surface area (Å²) in [6, 6.07) is 6.29. The molecule has 0 aliphatic carbocycles. The number of aliphatic hydroxyl groups is 1. The van der Waals surface area contributed by atoms with Crippen LogP contribution in [0.1, 0.15) is 24.8 Å². The summed E-state index contributed by atoms with van der Waals surface area (Å²) in [5.74, 6) is 0. The van der Waals surface area contributed by atoms with E-state index in [2.05, 4.69) is 46.4 Å². The van der Waals surface area contributed by atoms with Crippen molar-refractivity contribution in [2.24, 2.45) is 0 Å². The highest BCUT2D eigenvalue weighted by Crippen LogP contribution is 2.20. The molecule has 84 valence electrons. The highest BCUT2D eigenvalue weighted by Gasteiger charge is 1.96. The van der Waals surface area contributed by atoms with E-state index in [-0.39, 0.29) is 0 Å². The Hall–Kier alpha value is -0.540. The van der Waals surface area contributed by atoms with Crippen LogP contribution in [-0.2, 0) is 0 Å². The van der Waals surface area contributed by atoms with Crippen LogP contribution in [0.5, 0.6) is 0 Å². The summed E-state index contributed by atoms with van der Waals surface area (Å²) in [6.45, 7) is 3.35. The van der Waals surface area contributed by atoms with Crippen LogP contribution in [0.2, 0.25) is 0 Å². The zero-order chi connectivity index (χ0) is 11.1. The number of aliphatic hydroxyl groups excluding tert-OH is 1. The Morgan fingerprint density at radius 1 is 1.27 bits per heavy atom. The average Bonchev–Trinajstić information content (AvgIpc) is 2.23. The number of benzene rings is 1. The summed E-state index contributed by atoms with van der Waals surface area (Å²) in [7, 11) is 0. The molecule has 0 heterocycles. The molecule has 0 atom stereocenters. The lowest BCUT2D eigenvalue weighted by Gasteiger charge is -2.07. The number of hydrogen-bond donors (Lipinski definition) is 2. The molecule has 0 aliphatic rings. The van der Waals surface area contributed by atoms with E-state index in [0.29, 0.717) is 6.61 Å². The first-order valence-corrected chi connectivity index (χ1v) is 6.14. The first-order chi connectivity index (χ1) is 7.24. The van der Waals surface area contributed by atoms with Gasteiger partial charge in [-0.15, -0.1) is 0 Å². The van der Waals surface area contributed by atoms with E-state index in [0.717, 1.165) is 36.0 Å². The van der Waals surface area contributed by atoms with Gasteiger partial charge in [-0.3, -0.25) is 0 Å². The molecule has 0 aliphatic heterocycles. The molecule has 0 amide bonds. The van der Waals surface area contributed by atoms with E-state index < -0.39 is 0 Å². The number of hydrogen-bond acceptors (Lipinski definition) is 2. The minimum atomic E-state index is 0.302. The van der Waals surface area contributed by atoms with Crippen molar-refractivity contribution in [3.63, 3.8) is 0 Å². The van der Waals surface area contributed by atoms with Crippen LogP contribution in [0, 0.1) is 6.92 Å². The first-order valence-electron chi connectivity index (χ1n) is 5.35.